The van der Waals surface area contributed by atoms with E-state index in [1.165, 1.54) is 0 Å². The second-order valence-electron chi connectivity index (χ2n) is 5.56. The third-order valence-electron chi connectivity index (χ3n) is 1.62. The van der Waals surface area contributed by atoms with E-state index in [2.05, 4.69) is 30.8 Å². The normalized spacial score (nSPS) is 12.9. The van der Waals surface area contributed by atoms with Gasteiger partial charge in [0.05, 0.1) is 5.54 Å². The number of rotatable bonds is 2. The van der Waals surface area contributed by atoms with E-state index in [0.717, 1.165) is 6.42 Å². The van der Waals surface area contributed by atoms with E-state index in [9.17, 15) is 0 Å². The zero-order chi connectivity index (χ0) is 12.3. The van der Waals surface area contributed by atoms with Crippen LogP contribution < -0.4 is 17.2 Å². The highest BCUT2D eigenvalue weighted by Crippen LogP contribution is 2.29. The van der Waals surface area contributed by atoms with Crippen molar-refractivity contribution in [1.29, 1.82) is 0 Å². The molecule has 6 N–H and O–H groups in total. The quantitative estimate of drug-likeness (QED) is 0.506. The largest absolute Gasteiger partial charge is 0.370 e. The molecular formula is C10H24ClN5. The Morgan fingerprint density at radius 3 is 1.75 bits per heavy atom. The first-order chi connectivity index (χ1) is 6.52. The molecule has 5 nitrogen and oxygen atoms in total. The maximum Gasteiger partial charge on any atom is 0.219 e. The number of nitrogens with zero attached hydrogens (tertiary/aromatic N) is 2. The summed E-state index contributed by atoms with van der Waals surface area (Å²) >= 11 is 0. The Bertz CT molecular complexity index is 271. The molecule has 0 aliphatic heterocycles. The van der Waals surface area contributed by atoms with E-state index >= 15 is 0 Å². The monoisotopic (exact) mass is 249 g/mol. The van der Waals surface area contributed by atoms with Crippen LogP contribution in [0.5, 0.6) is 0 Å². The fraction of sp³-hybridized carbons (Fsp3) is 0.800. The van der Waals surface area contributed by atoms with Gasteiger partial charge in [-0.25, -0.2) is 4.99 Å². The van der Waals surface area contributed by atoms with Crippen molar-refractivity contribution in [2.75, 3.05) is 0 Å². The van der Waals surface area contributed by atoms with Gasteiger partial charge in [0.1, 0.15) is 0 Å². The summed E-state index contributed by atoms with van der Waals surface area (Å²) in [5.74, 6) is 0.0621. The van der Waals surface area contributed by atoms with E-state index in [0.29, 0.717) is 0 Å². The molecule has 0 saturated carbocycles. The summed E-state index contributed by atoms with van der Waals surface area (Å²) in [5, 5.41) is 0. The lowest BCUT2D eigenvalue weighted by Crippen LogP contribution is -2.30. The summed E-state index contributed by atoms with van der Waals surface area (Å²) < 4.78 is 0. The predicted molar refractivity (Wildman–Crippen MR) is 72.8 cm³/mol. The van der Waals surface area contributed by atoms with E-state index in [4.69, 9.17) is 17.2 Å². The first-order valence-corrected chi connectivity index (χ1v) is 4.97. The average Bonchev–Trinajstić information content (AvgIpc) is 1.73. The minimum absolute atomic E-state index is 0. The lowest BCUT2D eigenvalue weighted by molar-refractivity contribution is 0.288. The van der Waals surface area contributed by atoms with Crippen molar-refractivity contribution in [2.24, 2.45) is 32.6 Å². The highest BCUT2D eigenvalue weighted by molar-refractivity contribution is 5.92. The molecule has 0 aromatic carbocycles. The molecular weight excluding hydrogens is 226 g/mol. The molecule has 16 heavy (non-hydrogen) atoms. The van der Waals surface area contributed by atoms with Crippen molar-refractivity contribution < 1.29 is 0 Å². The number of nitrogens with two attached hydrogens (primary N) is 3. The number of guanidine groups is 2. The smallest absolute Gasteiger partial charge is 0.219 e. The molecule has 0 aromatic heterocycles. The van der Waals surface area contributed by atoms with Crippen LogP contribution in [0, 0.1) is 5.41 Å². The summed E-state index contributed by atoms with van der Waals surface area (Å²) in [6.07, 6.45) is 0.903. The van der Waals surface area contributed by atoms with Crippen LogP contribution in [0.1, 0.15) is 41.0 Å². The van der Waals surface area contributed by atoms with Gasteiger partial charge in [0.15, 0.2) is 5.96 Å². The van der Waals surface area contributed by atoms with Gasteiger partial charge < -0.3 is 17.2 Å². The lowest BCUT2D eigenvalue weighted by atomic mass is 9.82. The molecule has 0 radical (unpaired) electrons. The maximum atomic E-state index is 5.58. The van der Waals surface area contributed by atoms with Crippen LogP contribution in [-0.4, -0.2) is 17.5 Å². The van der Waals surface area contributed by atoms with E-state index < -0.39 is 0 Å². The van der Waals surface area contributed by atoms with E-state index in [-0.39, 0.29) is 35.3 Å². The molecule has 0 fully saturated rings. The first-order valence-electron chi connectivity index (χ1n) is 4.97. The Morgan fingerprint density at radius 2 is 1.44 bits per heavy atom. The third-order valence-corrected chi connectivity index (χ3v) is 1.62. The molecule has 6 heteroatoms. The van der Waals surface area contributed by atoms with Gasteiger partial charge in [0, 0.05) is 0 Å². The molecule has 0 rings (SSSR count). The van der Waals surface area contributed by atoms with Gasteiger partial charge in [-0.1, -0.05) is 20.8 Å². The van der Waals surface area contributed by atoms with Gasteiger partial charge in [-0.05, 0) is 25.7 Å². The second kappa shape index (κ2) is 5.94. The summed E-state index contributed by atoms with van der Waals surface area (Å²) in [7, 11) is 0. The van der Waals surface area contributed by atoms with Gasteiger partial charge in [0.2, 0.25) is 5.96 Å². The van der Waals surface area contributed by atoms with Crippen LogP contribution in [0.4, 0.5) is 0 Å². The minimum atomic E-state index is -0.263. The third kappa shape index (κ3) is 9.58. The SMILES string of the molecule is CC(C)(C)CC(C)(C)N=C(N)N=C(N)N.Cl. The molecule has 96 valence electrons. The van der Waals surface area contributed by atoms with E-state index in [1.54, 1.807) is 0 Å². The van der Waals surface area contributed by atoms with Crippen LogP contribution in [-0.2, 0) is 0 Å². The molecule has 0 spiro atoms. The molecule has 0 heterocycles. The Kier molecular flexibility index (Phi) is 6.47. The summed E-state index contributed by atoms with van der Waals surface area (Å²) in [5.41, 5.74) is 15.9. The summed E-state index contributed by atoms with van der Waals surface area (Å²) in [4.78, 5) is 7.97. The molecule has 0 bridgehead atoms. The average molecular weight is 250 g/mol. The van der Waals surface area contributed by atoms with Crippen LogP contribution in [0.3, 0.4) is 0 Å². The standard InChI is InChI=1S/C10H23N5.ClH/c1-9(2,3)6-10(4,5)15-8(13)14-7(11)12;/h6H2,1-5H3,(H6,11,12,13,14,15);1H. The first kappa shape index (κ1) is 17.4. The van der Waals surface area contributed by atoms with Crippen LogP contribution in [0.2, 0.25) is 0 Å². The van der Waals surface area contributed by atoms with Crippen LogP contribution >= 0.6 is 12.4 Å². The molecule has 0 aromatic rings. The van der Waals surface area contributed by atoms with Crippen molar-refractivity contribution >= 4 is 24.3 Å². The number of hydrogen-bond donors (Lipinski definition) is 3. The zero-order valence-electron chi connectivity index (χ0n) is 10.7. The van der Waals surface area contributed by atoms with Gasteiger partial charge in [-0.2, -0.15) is 4.99 Å². The Labute approximate surface area is 104 Å². The molecule has 0 unspecified atom stereocenters. The van der Waals surface area contributed by atoms with Crippen molar-refractivity contribution in [3.63, 3.8) is 0 Å². The van der Waals surface area contributed by atoms with Gasteiger partial charge >= 0.3 is 0 Å². The highest BCUT2D eigenvalue weighted by Gasteiger charge is 2.25. The predicted octanol–water partition coefficient (Wildman–Crippen LogP) is 1.21. The Morgan fingerprint density at radius 1 is 1.00 bits per heavy atom. The van der Waals surface area contributed by atoms with Gasteiger partial charge in [-0.15, -0.1) is 12.4 Å². The van der Waals surface area contributed by atoms with Crippen molar-refractivity contribution in [3.8, 4) is 0 Å². The van der Waals surface area contributed by atoms with Crippen molar-refractivity contribution in [1.82, 2.24) is 0 Å². The second-order valence-corrected chi connectivity index (χ2v) is 5.56. The Balaban J connectivity index is 0. The fourth-order valence-electron chi connectivity index (χ4n) is 1.80. The highest BCUT2D eigenvalue weighted by atomic mass is 35.5. The molecule has 0 amide bonds. The number of halogens is 1. The fourth-order valence-corrected chi connectivity index (χ4v) is 1.80. The van der Waals surface area contributed by atoms with Crippen LogP contribution in [0.15, 0.2) is 9.98 Å². The number of aliphatic imine (C=N–C) groups is 2. The minimum Gasteiger partial charge on any atom is -0.370 e. The van der Waals surface area contributed by atoms with Crippen molar-refractivity contribution in [2.45, 2.75) is 46.6 Å². The zero-order valence-corrected chi connectivity index (χ0v) is 11.6. The molecule has 0 aliphatic rings. The number of hydrogen-bond acceptors (Lipinski definition) is 1. The maximum absolute atomic E-state index is 5.58. The molecule has 0 aliphatic carbocycles. The lowest BCUT2D eigenvalue weighted by Gasteiger charge is -2.28. The van der Waals surface area contributed by atoms with Crippen molar-refractivity contribution in [3.05, 3.63) is 0 Å². The van der Waals surface area contributed by atoms with Crippen LogP contribution in [0.25, 0.3) is 0 Å². The summed E-state index contributed by atoms with van der Waals surface area (Å²) in [6.45, 7) is 10.5. The molecule has 0 saturated heterocycles. The molecule has 0 atom stereocenters. The summed E-state index contributed by atoms with van der Waals surface area (Å²) in [6, 6.07) is 0. The van der Waals surface area contributed by atoms with Gasteiger partial charge in [-0.3, -0.25) is 0 Å². The van der Waals surface area contributed by atoms with E-state index in [1.807, 2.05) is 13.8 Å². The Hall–Kier alpha value is -0.970. The topological polar surface area (TPSA) is 103 Å². The van der Waals surface area contributed by atoms with Gasteiger partial charge in [0.25, 0.3) is 0 Å².